The highest BCUT2D eigenvalue weighted by atomic mass is 35.5. The lowest BCUT2D eigenvalue weighted by Crippen LogP contribution is -2.52. The van der Waals surface area contributed by atoms with Crippen LogP contribution in [0.4, 0.5) is 0 Å². The molecule has 0 aliphatic heterocycles. The molecule has 35 heavy (non-hydrogen) atoms. The molecule has 2 aromatic carbocycles. The molecule has 0 aliphatic carbocycles. The van der Waals surface area contributed by atoms with E-state index in [0.717, 1.165) is 11.3 Å². The van der Waals surface area contributed by atoms with Crippen molar-refractivity contribution in [3.63, 3.8) is 0 Å². The van der Waals surface area contributed by atoms with Gasteiger partial charge in [-0.15, -0.1) is 11.3 Å². The highest BCUT2D eigenvalue weighted by Crippen LogP contribution is 2.25. The maximum absolute atomic E-state index is 13.2. The van der Waals surface area contributed by atoms with Crippen LogP contribution in [-0.4, -0.2) is 45.0 Å². The summed E-state index contributed by atoms with van der Waals surface area (Å²) in [6, 6.07) is 11.9. The number of rotatable bonds is 8. The van der Waals surface area contributed by atoms with Crippen LogP contribution in [0.1, 0.15) is 42.9 Å². The number of carboxylic acids is 1. The number of hydrazine groups is 1. The first kappa shape index (κ1) is 26.2. The Morgan fingerprint density at radius 2 is 1.77 bits per heavy atom. The Kier molecular flexibility index (Phi) is 8.47. The number of carbonyl (C=O) groups is 4. The second kappa shape index (κ2) is 11.3. The number of nitrogens with one attached hydrogen (secondary N) is 2. The Morgan fingerprint density at radius 3 is 2.37 bits per heavy atom. The Morgan fingerprint density at radius 1 is 1.03 bits per heavy atom. The molecule has 9 nitrogen and oxygen atoms in total. The summed E-state index contributed by atoms with van der Waals surface area (Å²) in [5.74, 6) is -3.43. The standard InChI is InChI=1S/C23H19Cl2N3O6S/c1-12(23(33)34)27-28(22(32)18-7-8-19(25)35-18)21(31)16-6-5-14(10-17(16)24)20(30)26-11-13-3-2-4-15(29)9-13/h2-10,12,27,29H,11H2,1H3,(H,26,30)(H,33,34)/t12-/m0/s1. The Hall–Kier alpha value is -3.44. The molecule has 3 aromatic rings. The van der Waals surface area contributed by atoms with Gasteiger partial charge in [0.05, 0.1) is 19.8 Å². The first-order chi connectivity index (χ1) is 16.6. The Bertz CT molecular complexity index is 1300. The van der Waals surface area contributed by atoms with Crippen LogP contribution in [0.3, 0.4) is 0 Å². The summed E-state index contributed by atoms with van der Waals surface area (Å²) in [6.07, 6.45) is 0. The molecule has 0 bridgehead atoms. The van der Waals surface area contributed by atoms with E-state index in [1.165, 1.54) is 49.4 Å². The number of halogens is 2. The minimum absolute atomic E-state index is 0.0670. The van der Waals surface area contributed by atoms with Gasteiger partial charge in [-0.3, -0.25) is 19.2 Å². The van der Waals surface area contributed by atoms with Gasteiger partial charge in [-0.1, -0.05) is 35.3 Å². The van der Waals surface area contributed by atoms with Crippen LogP contribution in [0.2, 0.25) is 9.36 Å². The number of phenols is 1. The highest BCUT2D eigenvalue weighted by Gasteiger charge is 2.30. The van der Waals surface area contributed by atoms with Crippen molar-refractivity contribution in [2.24, 2.45) is 0 Å². The fourth-order valence-electron chi connectivity index (χ4n) is 2.90. The quantitative estimate of drug-likeness (QED) is 0.253. The number of amides is 3. The summed E-state index contributed by atoms with van der Waals surface area (Å²) >= 11 is 13.1. The van der Waals surface area contributed by atoms with Crippen molar-refractivity contribution in [3.05, 3.63) is 85.5 Å². The molecule has 0 fully saturated rings. The van der Waals surface area contributed by atoms with Gasteiger partial charge in [-0.05, 0) is 55.0 Å². The lowest BCUT2D eigenvalue weighted by atomic mass is 10.1. The number of phenolic OH excluding ortho intramolecular Hbond substituents is 1. The highest BCUT2D eigenvalue weighted by molar-refractivity contribution is 7.18. The van der Waals surface area contributed by atoms with Crippen molar-refractivity contribution in [1.29, 1.82) is 0 Å². The monoisotopic (exact) mass is 535 g/mol. The lowest BCUT2D eigenvalue weighted by Gasteiger charge is -2.24. The van der Waals surface area contributed by atoms with E-state index in [-0.39, 0.29) is 33.3 Å². The van der Waals surface area contributed by atoms with E-state index in [4.69, 9.17) is 23.2 Å². The second-order valence-corrected chi connectivity index (χ2v) is 9.41. The number of benzene rings is 2. The van der Waals surface area contributed by atoms with Gasteiger partial charge in [0.1, 0.15) is 11.8 Å². The molecule has 4 N–H and O–H groups in total. The van der Waals surface area contributed by atoms with Crippen LogP contribution in [-0.2, 0) is 11.3 Å². The molecular weight excluding hydrogens is 517 g/mol. The van der Waals surface area contributed by atoms with E-state index in [0.29, 0.717) is 14.9 Å². The molecule has 3 rings (SSSR count). The molecule has 12 heteroatoms. The molecule has 0 saturated heterocycles. The molecular formula is C23H19Cl2N3O6S. The molecule has 0 unspecified atom stereocenters. The smallest absolute Gasteiger partial charge is 0.322 e. The van der Waals surface area contributed by atoms with Crippen molar-refractivity contribution < 1.29 is 29.4 Å². The maximum atomic E-state index is 13.2. The maximum Gasteiger partial charge on any atom is 0.322 e. The summed E-state index contributed by atoms with van der Waals surface area (Å²) in [4.78, 5) is 50.1. The summed E-state index contributed by atoms with van der Waals surface area (Å²) in [5, 5.41) is 21.9. The molecule has 1 atom stereocenters. The van der Waals surface area contributed by atoms with Crippen LogP contribution in [0.15, 0.2) is 54.6 Å². The summed E-state index contributed by atoms with van der Waals surface area (Å²) < 4.78 is 0.311. The van der Waals surface area contributed by atoms with Gasteiger partial charge in [0.15, 0.2) is 0 Å². The average molecular weight is 536 g/mol. The number of imide groups is 1. The number of nitrogens with zero attached hydrogens (tertiary/aromatic N) is 1. The fraction of sp³-hybridized carbons (Fsp3) is 0.130. The van der Waals surface area contributed by atoms with Crippen molar-refractivity contribution in [2.45, 2.75) is 19.5 Å². The van der Waals surface area contributed by atoms with Gasteiger partial charge in [-0.2, -0.15) is 0 Å². The predicted octanol–water partition coefficient (Wildman–Crippen LogP) is 3.95. The Balaban J connectivity index is 1.81. The normalized spacial score (nSPS) is 11.5. The third-order valence-corrected chi connectivity index (χ3v) is 6.24. The zero-order valence-electron chi connectivity index (χ0n) is 18.1. The second-order valence-electron chi connectivity index (χ2n) is 7.29. The van der Waals surface area contributed by atoms with Crippen molar-refractivity contribution in [3.8, 4) is 5.75 Å². The van der Waals surface area contributed by atoms with Gasteiger partial charge in [-0.25, -0.2) is 10.4 Å². The van der Waals surface area contributed by atoms with E-state index >= 15 is 0 Å². The average Bonchev–Trinajstić information content (AvgIpc) is 3.26. The number of aliphatic carboxylic acids is 1. The van der Waals surface area contributed by atoms with E-state index < -0.39 is 29.7 Å². The largest absolute Gasteiger partial charge is 0.508 e. The topological polar surface area (TPSA) is 136 Å². The summed E-state index contributed by atoms with van der Waals surface area (Å²) in [5.41, 5.74) is 3.07. The van der Waals surface area contributed by atoms with E-state index in [1.807, 2.05) is 0 Å². The van der Waals surface area contributed by atoms with E-state index in [2.05, 4.69) is 10.7 Å². The van der Waals surface area contributed by atoms with Crippen LogP contribution in [0.25, 0.3) is 0 Å². The summed E-state index contributed by atoms with van der Waals surface area (Å²) in [6.45, 7) is 1.41. The van der Waals surface area contributed by atoms with Gasteiger partial charge in [0.25, 0.3) is 17.7 Å². The molecule has 3 amide bonds. The predicted molar refractivity (Wildman–Crippen MR) is 131 cm³/mol. The molecule has 182 valence electrons. The minimum atomic E-state index is -1.29. The van der Waals surface area contributed by atoms with Gasteiger partial charge >= 0.3 is 5.97 Å². The number of thiophene rings is 1. The van der Waals surface area contributed by atoms with Crippen LogP contribution >= 0.6 is 34.5 Å². The first-order valence-corrected chi connectivity index (χ1v) is 11.6. The zero-order chi connectivity index (χ0) is 25.7. The number of carboxylic acid groups (broad SMARTS) is 1. The van der Waals surface area contributed by atoms with Crippen molar-refractivity contribution in [1.82, 2.24) is 15.8 Å². The van der Waals surface area contributed by atoms with Crippen LogP contribution < -0.4 is 10.7 Å². The summed E-state index contributed by atoms with van der Waals surface area (Å²) in [7, 11) is 0. The molecule has 1 heterocycles. The number of carbonyl (C=O) groups excluding carboxylic acids is 3. The van der Waals surface area contributed by atoms with Crippen molar-refractivity contribution in [2.75, 3.05) is 0 Å². The molecule has 1 aromatic heterocycles. The fourth-order valence-corrected chi connectivity index (χ4v) is 4.13. The molecule has 0 aliphatic rings. The van der Waals surface area contributed by atoms with Crippen LogP contribution in [0.5, 0.6) is 5.75 Å². The minimum Gasteiger partial charge on any atom is -0.508 e. The van der Waals surface area contributed by atoms with Gasteiger partial charge in [0.2, 0.25) is 0 Å². The number of hydrogen-bond donors (Lipinski definition) is 4. The number of hydrogen-bond acceptors (Lipinski definition) is 7. The third-order valence-electron chi connectivity index (χ3n) is 4.71. The lowest BCUT2D eigenvalue weighted by molar-refractivity contribution is -0.139. The molecule has 0 radical (unpaired) electrons. The van der Waals surface area contributed by atoms with Crippen LogP contribution in [0, 0.1) is 0 Å². The van der Waals surface area contributed by atoms with Crippen molar-refractivity contribution >= 4 is 58.2 Å². The van der Waals surface area contributed by atoms with E-state index in [1.54, 1.807) is 12.1 Å². The number of aromatic hydroxyl groups is 1. The Labute approximate surface area is 213 Å². The third kappa shape index (κ3) is 6.58. The van der Waals surface area contributed by atoms with Gasteiger partial charge in [0, 0.05) is 12.1 Å². The van der Waals surface area contributed by atoms with E-state index in [9.17, 15) is 29.4 Å². The van der Waals surface area contributed by atoms with Gasteiger partial charge < -0.3 is 15.5 Å². The molecule has 0 spiro atoms. The SMILES string of the molecule is C[C@H](NN(C(=O)c1ccc(Cl)s1)C(=O)c1ccc(C(=O)NCc2cccc(O)c2)cc1Cl)C(=O)O. The first-order valence-electron chi connectivity index (χ1n) is 10.1. The molecule has 0 saturated carbocycles. The zero-order valence-corrected chi connectivity index (χ0v) is 20.4.